The van der Waals surface area contributed by atoms with Gasteiger partial charge in [0, 0.05) is 11.3 Å². The predicted octanol–water partition coefficient (Wildman–Crippen LogP) is 4.49. The zero-order valence-electron chi connectivity index (χ0n) is 14.5. The Morgan fingerprint density at radius 3 is 2.42 bits per heavy atom. The summed E-state index contributed by atoms with van der Waals surface area (Å²) in [5.41, 5.74) is 1.91. The molecule has 26 heavy (non-hydrogen) atoms. The first-order valence-electron chi connectivity index (χ1n) is 8.09. The van der Waals surface area contributed by atoms with Crippen molar-refractivity contribution >= 4 is 28.7 Å². The van der Waals surface area contributed by atoms with E-state index >= 15 is 0 Å². The third kappa shape index (κ3) is 4.34. The van der Waals surface area contributed by atoms with E-state index in [2.05, 4.69) is 10.3 Å². The Bertz CT molecular complexity index is 918. The maximum atomic E-state index is 12.5. The van der Waals surface area contributed by atoms with Crippen molar-refractivity contribution in [3.8, 4) is 5.75 Å². The lowest BCUT2D eigenvalue weighted by atomic mass is 10.1. The number of Topliss-reactive ketones (excluding diaryl/α,β-unsaturated/α-hetero) is 1. The zero-order valence-corrected chi connectivity index (χ0v) is 15.3. The number of aryl methyl sites for hydroxylation is 1. The minimum absolute atomic E-state index is 0.00997. The highest BCUT2D eigenvalue weighted by Crippen LogP contribution is 2.22. The smallest absolute Gasteiger partial charge is 0.267 e. The average Bonchev–Trinajstić information content (AvgIpc) is 3.02. The summed E-state index contributed by atoms with van der Waals surface area (Å²) in [6.07, 6.45) is 0. The minimum Gasteiger partial charge on any atom is -0.486 e. The molecule has 2 aromatic carbocycles. The number of amides is 1. The molecule has 0 saturated heterocycles. The number of anilines is 1. The zero-order chi connectivity index (χ0) is 18.5. The average molecular weight is 366 g/mol. The summed E-state index contributed by atoms with van der Waals surface area (Å²) in [7, 11) is 0. The molecule has 0 aliphatic rings. The third-order valence-corrected chi connectivity index (χ3v) is 4.83. The first-order valence-corrected chi connectivity index (χ1v) is 8.91. The molecule has 1 N–H and O–H groups in total. The van der Waals surface area contributed by atoms with Gasteiger partial charge in [-0.15, -0.1) is 11.3 Å². The Kier molecular flexibility index (Phi) is 5.43. The van der Waals surface area contributed by atoms with Gasteiger partial charge in [-0.2, -0.15) is 0 Å². The molecule has 0 radical (unpaired) electrons. The number of carbonyl (C=O) groups is 2. The van der Waals surface area contributed by atoms with E-state index in [0.29, 0.717) is 28.4 Å². The summed E-state index contributed by atoms with van der Waals surface area (Å²) in [6.45, 7) is 3.62. The molecular formula is C20H18N2O3S. The van der Waals surface area contributed by atoms with Crippen molar-refractivity contribution in [1.29, 1.82) is 0 Å². The molecular weight excluding hydrogens is 348 g/mol. The standard InChI is InChI=1S/C20H18N2O3S/c1-13-19(20(24)22-16-10-8-15(9-11-16)14(2)23)26-18(21-13)12-25-17-6-4-3-5-7-17/h3-11H,12H2,1-2H3,(H,22,24). The van der Waals surface area contributed by atoms with Crippen LogP contribution in [0.3, 0.4) is 0 Å². The van der Waals surface area contributed by atoms with Crippen LogP contribution >= 0.6 is 11.3 Å². The molecule has 0 fully saturated rings. The first-order chi connectivity index (χ1) is 12.5. The number of nitrogens with zero attached hydrogens (tertiary/aromatic N) is 1. The summed E-state index contributed by atoms with van der Waals surface area (Å²) in [5.74, 6) is 0.530. The summed E-state index contributed by atoms with van der Waals surface area (Å²) < 4.78 is 5.68. The molecule has 3 rings (SSSR count). The van der Waals surface area contributed by atoms with Gasteiger partial charge in [0.1, 0.15) is 22.2 Å². The van der Waals surface area contributed by atoms with Gasteiger partial charge in [-0.1, -0.05) is 18.2 Å². The van der Waals surface area contributed by atoms with Crippen molar-refractivity contribution in [2.75, 3.05) is 5.32 Å². The van der Waals surface area contributed by atoms with E-state index in [1.807, 2.05) is 30.3 Å². The van der Waals surface area contributed by atoms with Crippen LogP contribution < -0.4 is 10.1 Å². The number of aromatic nitrogens is 1. The van der Waals surface area contributed by atoms with Crippen molar-refractivity contribution < 1.29 is 14.3 Å². The van der Waals surface area contributed by atoms with E-state index in [1.54, 1.807) is 31.2 Å². The number of thiazole rings is 1. The minimum atomic E-state index is -0.221. The summed E-state index contributed by atoms with van der Waals surface area (Å²) in [5, 5.41) is 3.57. The number of benzene rings is 2. The predicted molar refractivity (Wildman–Crippen MR) is 102 cm³/mol. The summed E-state index contributed by atoms with van der Waals surface area (Å²) in [6, 6.07) is 16.3. The molecule has 5 nitrogen and oxygen atoms in total. The van der Waals surface area contributed by atoms with Crippen molar-refractivity contribution in [3.05, 3.63) is 75.7 Å². The number of ketones is 1. The van der Waals surface area contributed by atoms with Gasteiger partial charge < -0.3 is 10.1 Å². The lowest BCUT2D eigenvalue weighted by Crippen LogP contribution is -2.11. The molecule has 0 atom stereocenters. The Morgan fingerprint density at radius 1 is 1.08 bits per heavy atom. The molecule has 3 aromatic rings. The normalized spacial score (nSPS) is 10.4. The SMILES string of the molecule is CC(=O)c1ccc(NC(=O)c2sc(COc3ccccc3)nc2C)cc1. The highest BCUT2D eigenvalue weighted by Gasteiger charge is 2.16. The Morgan fingerprint density at radius 2 is 1.77 bits per heavy atom. The Balaban J connectivity index is 1.66. The summed E-state index contributed by atoms with van der Waals surface area (Å²) >= 11 is 1.31. The van der Waals surface area contributed by atoms with E-state index in [1.165, 1.54) is 18.3 Å². The van der Waals surface area contributed by atoms with Gasteiger partial charge in [0.25, 0.3) is 5.91 Å². The van der Waals surface area contributed by atoms with Gasteiger partial charge in [0.15, 0.2) is 5.78 Å². The maximum Gasteiger partial charge on any atom is 0.267 e. The first kappa shape index (κ1) is 17.8. The van der Waals surface area contributed by atoms with Gasteiger partial charge >= 0.3 is 0 Å². The van der Waals surface area contributed by atoms with Crippen LogP contribution in [0.5, 0.6) is 5.75 Å². The topological polar surface area (TPSA) is 68.3 Å². The molecule has 6 heteroatoms. The van der Waals surface area contributed by atoms with E-state index < -0.39 is 0 Å². The number of hydrogen-bond donors (Lipinski definition) is 1. The largest absolute Gasteiger partial charge is 0.486 e. The summed E-state index contributed by atoms with van der Waals surface area (Å²) in [4.78, 5) is 28.8. The van der Waals surface area contributed by atoms with E-state index in [9.17, 15) is 9.59 Å². The van der Waals surface area contributed by atoms with E-state index in [0.717, 1.165) is 10.8 Å². The fourth-order valence-corrected chi connectivity index (χ4v) is 3.24. The van der Waals surface area contributed by atoms with Crippen LogP contribution in [0.15, 0.2) is 54.6 Å². The van der Waals surface area contributed by atoms with Crippen molar-refractivity contribution in [2.24, 2.45) is 0 Å². The van der Waals surface area contributed by atoms with Crippen LogP contribution in [0.2, 0.25) is 0 Å². The second-order valence-corrected chi connectivity index (χ2v) is 6.80. The molecule has 0 bridgehead atoms. The van der Waals surface area contributed by atoms with Gasteiger partial charge in [-0.25, -0.2) is 4.98 Å². The number of para-hydroxylation sites is 1. The molecule has 0 saturated carbocycles. The van der Waals surface area contributed by atoms with Crippen molar-refractivity contribution in [2.45, 2.75) is 20.5 Å². The molecule has 0 spiro atoms. The Hall–Kier alpha value is -2.99. The second-order valence-electron chi connectivity index (χ2n) is 5.71. The van der Waals surface area contributed by atoms with Crippen molar-refractivity contribution in [1.82, 2.24) is 4.98 Å². The fourth-order valence-electron chi connectivity index (χ4n) is 2.36. The van der Waals surface area contributed by atoms with Gasteiger partial charge in [-0.3, -0.25) is 9.59 Å². The number of nitrogens with one attached hydrogen (secondary N) is 1. The molecule has 1 amide bonds. The number of rotatable bonds is 6. The van der Waals surface area contributed by atoms with Crippen LogP contribution in [0.1, 0.15) is 37.7 Å². The van der Waals surface area contributed by atoms with Gasteiger partial charge in [-0.05, 0) is 50.2 Å². The third-order valence-electron chi connectivity index (χ3n) is 3.70. The fraction of sp³-hybridized carbons (Fsp3) is 0.150. The van der Waals surface area contributed by atoms with Crippen LogP contribution in [-0.4, -0.2) is 16.7 Å². The van der Waals surface area contributed by atoms with Crippen LogP contribution in [-0.2, 0) is 6.61 Å². The second kappa shape index (κ2) is 7.93. The van der Waals surface area contributed by atoms with Crippen LogP contribution in [0.4, 0.5) is 5.69 Å². The number of hydrogen-bond acceptors (Lipinski definition) is 5. The molecule has 132 valence electrons. The lowest BCUT2D eigenvalue weighted by molar-refractivity contribution is 0.101. The quantitative estimate of drug-likeness (QED) is 0.653. The number of carbonyl (C=O) groups excluding carboxylic acids is 2. The van der Waals surface area contributed by atoms with Gasteiger partial charge in [0.05, 0.1) is 5.69 Å². The van der Waals surface area contributed by atoms with E-state index in [-0.39, 0.29) is 11.7 Å². The monoisotopic (exact) mass is 366 g/mol. The van der Waals surface area contributed by atoms with Gasteiger partial charge in [0.2, 0.25) is 0 Å². The highest BCUT2D eigenvalue weighted by molar-refractivity contribution is 7.13. The van der Waals surface area contributed by atoms with Crippen LogP contribution in [0, 0.1) is 6.92 Å². The number of ether oxygens (including phenoxy) is 1. The molecule has 1 heterocycles. The van der Waals surface area contributed by atoms with Crippen LogP contribution in [0.25, 0.3) is 0 Å². The molecule has 0 aliphatic carbocycles. The lowest BCUT2D eigenvalue weighted by Gasteiger charge is -2.04. The van der Waals surface area contributed by atoms with E-state index in [4.69, 9.17) is 4.74 Å². The maximum absolute atomic E-state index is 12.5. The van der Waals surface area contributed by atoms with Crippen molar-refractivity contribution in [3.63, 3.8) is 0 Å². The molecule has 0 aliphatic heterocycles. The Labute approximate surface area is 155 Å². The molecule has 1 aromatic heterocycles. The highest BCUT2D eigenvalue weighted by atomic mass is 32.1. The molecule has 0 unspecified atom stereocenters.